The van der Waals surface area contributed by atoms with E-state index in [0.29, 0.717) is 11.3 Å². The number of primary sulfonamides is 1. The lowest BCUT2D eigenvalue weighted by atomic mass is 10.1. The second-order valence-electron chi connectivity index (χ2n) is 7.63. The van der Waals surface area contributed by atoms with E-state index < -0.39 is 39.3 Å². The molecule has 0 saturated heterocycles. The summed E-state index contributed by atoms with van der Waals surface area (Å²) >= 11 is 0. The van der Waals surface area contributed by atoms with Crippen LogP contribution in [-0.2, 0) is 16.6 Å². The van der Waals surface area contributed by atoms with Crippen LogP contribution in [-0.4, -0.2) is 36.1 Å². The van der Waals surface area contributed by atoms with Crippen LogP contribution in [0.5, 0.6) is 0 Å². The summed E-state index contributed by atoms with van der Waals surface area (Å²) in [4.78, 5) is 12.2. The molecule has 4 rings (SSSR count). The van der Waals surface area contributed by atoms with Gasteiger partial charge in [-0.3, -0.25) is 0 Å². The Morgan fingerprint density at radius 3 is 2.25 bits per heavy atom. The number of benzene rings is 2. The van der Waals surface area contributed by atoms with E-state index in [-0.39, 0.29) is 34.9 Å². The third-order valence-corrected chi connectivity index (χ3v) is 5.74. The van der Waals surface area contributed by atoms with Gasteiger partial charge in [-0.2, -0.15) is 18.2 Å². The van der Waals surface area contributed by atoms with Crippen LogP contribution in [0.2, 0.25) is 0 Å². The Labute approximate surface area is 201 Å². The number of nitrogens with two attached hydrogens (primary N) is 1. The smallest absolute Gasteiger partial charge is 0.359 e. The van der Waals surface area contributed by atoms with Crippen LogP contribution in [0, 0.1) is 11.6 Å². The molecule has 0 aliphatic carbocycles. The maximum Gasteiger partial charge on any atom is 0.405 e. The van der Waals surface area contributed by atoms with Crippen molar-refractivity contribution in [3.63, 3.8) is 0 Å². The van der Waals surface area contributed by atoms with E-state index in [0.717, 1.165) is 18.2 Å². The van der Waals surface area contributed by atoms with Crippen molar-refractivity contribution in [2.75, 3.05) is 17.2 Å². The van der Waals surface area contributed by atoms with Crippen molar-refractivity contribution in [1.29, 1.82) is 0 Å². The molecule has 4 N–H and O–H groups in total. The maximum absolute atomic E-state index is 13.8. The maximum atomic E-state index is 13.8. The van der Waals surface area contributed by atoms with Crippen LogP contribution in [0.3, 0.4) is 0 Å². The van der Waals surface area contributed by atoms with Gasteiger partial charge in [-0.1, -0.05) is 0 Å². The minimum Gasteiger partial charge on any atom is -0.359 e. The molecule has 0 bridgehead atoms. The number of anilines is 2. The molecule has 0 radical (unpaired) electrons. The molecule has 0 aliphatic heterocycles. The number of hydrogen-bond donors (Lipinski definition) is 3. The fraction of sp³-hybridized carbons (Fsp3) is 0.136. The fourth-order valence-corrected chi connectivity index (χ4v) is 3.84. The molecule has 0 fully saturated rings. The molecule has 0 amide bonds. The van der Waals surface area contributed by atoms with E-state index in [2.05, 4.69) is 25.6 Å². The zero-order valence-electron chi connectivity index (χ0n) is 18.1. The van der Waals surface area contributed by atoms with Crippen molar-refractivity contribution in [1.82, 2.24) is 15.0 Å². The van der Waals surface area contributed by atoms with Gasteiger partial charge in [-0.25, -0.2) is 32.3 Å². The Morgan fingerprint density at radius 1 is 0.861 bits per heavy atom. The van der Waals surface area contributed by atoms with Crippen molar-refractivity contribution in [2.24, 2.45) is 5.14 Å². The highest BCUT2D eigenvalue weighted by molar-refractivity contribution is 7.89. The van der Waals surface area contributed by atoms with Crippen LogP contribution < -0.4 is 15.8 Å². The van der Waals surface area contributed by atoms with Gasteiger partial charge in [-0.15, -0.1) is 0 Å². The first-order chi connectivity index (χ1) is 16.9. The van der Waals surface area contributed by atoms with Gasteiger partial charge in [0.15, 0.2) is 5.82 Å². The molecule has 0 unspecified atom stereocenters. The second kappa shape index (κ2) is 9.62. The van der Waals surface area contributed by atoms with E-state index in [4.69, 9.17) is 5.14 Å². The summed E-state index contributed by atoms with van der Waals surface area (Å²) < 4.78 is 88.9. The van der Waals surface area contributed by atoms with Crippen LogP contribution >= 0.6 is 0 Å². The highest BCUT2D eigenvalue weighted by Gasteiger charge is 2.27. The van der Waals surface area contributed by atoms with Crippen molar-refractivity contribution in [3.05, 3.63) is 71.8 Å². The summed E-state index contributed by atoms with van der Waals surface area (Å²) in [6.07, 6.45) is -4.55. The standard InChI is InChI=1S/C22H17F5N6O2S/c23-14-3-1-13(2-4-14)17-5-6-18-19(31-17)20(30-11-22(25,26)27)33-21(32-18)29-10-12-7-15(24)9-16(8-12)36(28,34)35/h1-9H,10-11H2,(H2,28,34,35)(H2,29,30,32,33). The van der Waals surface area contributed by atoms with Crippen LogP contribution in [0.25, 0.3) is 22.3 Å². The number of pyridine rings is 1. The molecular formula is C22H17F5N6O2S. The molecule has 0 spiro atoms. The average molecular weight is 524 g/mol. The predicted molar refractivity (Wildman–Crippen MR) is 122 cm³/mol. The van der Waals surface area contributed by atoms with E-state index >= 15 is 0 Å². The number of aromatic nitrogens is 3. The number of fused-ring (bicyclic) bond motifs is 1. The lowest BCUT2D eigenvalue weighted by molar-refractivity contribution is -0.115. The van der Waals surface area contributed by atoms with E-state index in [1.54, 1.807) is 6.07 Å². The van der Waals surface area contributed by atoms with E-state index in [1.807, 2.05) is 0 Å². The molecule has 2 aromatic carbocycles. The Balaban J connectivity index is 1.69. The number of nitrogens with zero attached hydrogens (tertiary/aromatic N) is 3. The topological polar surface area (TPSA) is 123 Å². The first kappa shape index (κ1) is 25.2. The summed E-state index contributed by atoms with van der Waals surface area (Å²) in [7, 11) is -4.16. The van der Waals surface area contributed by atoms with Crippen molar-refractivity contribution < 1.29 is 30.4 Å². The molecule has 0 saturated carbocycles. The SMILES string of the molecule is NS(=O)(=O)c1cc(F)cc(CNc2nc(NCC(F)(F)F)c3nc(-c4ccc(F)cc4)ccc3n2)c1. The molecule has 36 heavy (non-hydrogen) atoms. The summed E-state index contributed by atoms with van der Waals surface area (Å²) in [6, 6.07) is 11.4. The average Bonchev–Trinajstić information content (AvgIpc) is 2.80. The molecule has 4 aromatic rings. The van der Waals surface area contributed by atoms with Gasteiger partial charge in [0.25, 0.3) is 0 Å². The predicted octanol–water partition coefficient (Wildman–Crippen LogP) is 4.20. The highest BCUT2D eigenvalue weighted by atomic mass is 32.2. The van der Waals surface area contributed by atoms with Crippen molar-refractivity contribution >= 4 is 32.8 Å². The number of sulfonamides is 1. The monoisotopic (exact) mass is 524 g/mol. The van der Waals surface area contributed by atoms with Gasteiger partial charge in [0.2, 0.25) is 16.0 Å². The number of halogens is 5. The molecule has 188 valence electrons. The lowest BCUT2D eigenvalue weighted by Gasteiger charge is -2.14. The van der Waals surface area contributed by atoms with Gasteiger partial charge in [0.05, 0.1) is 16.1 Å². The number of rotatable bonds is 7. The minimum atomic E-state index is -4.55. The fourth-order valence-electron chi connectivity index (χ4n) is 3.25. The summed E-state index contributed by atoms with van der Waals surface area (Å²) in [5, 5.41) is 9.98. The quantitative estimate of drug-likeness (QED) is 0.310. The van der Waals surface area contributed by atoms with Crippen LogP contribution in [0.4, 0.5) is 33.7 Å². The number of hydrogen-bond acceptors (Lipinski definition) is 7. The molecular weight excluding hydrogens is 507 g/mol. The van der Waals surface area contributed by atoms with Gasteiger partial charge in [0, 0.05) is 12.1 Å². The van der Waals surface area contributed by atoms with E-state index in [9.17, 15) is 30.4 Å². The van der Waals surface area contributed by atoms with Gasteiger partial charge in [-0.05, 0) is 60.2 Å². The molecule has 2 aromatic heterocycles. The molecule has 14 heteroatoms. The third-order valence-electron chi connectivity index (χ3n) is 4.85. The zero-order chi connectivity index (χ0) is 26.1. The summed E-state index contributed by atoms with van der Waals surface area (Å²) in [5.74, 6) is -1.65. The zero-order valence-corrected chi connectivity index (χ0v) is 19.0. The van der Waals surface area contributed by atoms with Gasteiger partial charge < -0.3 is 10.6 Å². The van der Waals surface area contributed by atoms with Gasteiger partial charge >= 0.3 is 6.18 Å². The summed E-state index contributed by atoms with van der Waals surface area (Å²) in [5.41, 5.74) is 1.29. The van der Waals surface area contributed by atoms with Crippen molar-refractivity contribution in [3.8, 4) is 11.3 Å². The largest absolute Gasteiger partial charge is 0.405 e. The first-order valence-corrected chi connectivity index (χ1v) is 11.7. The van der Waals surface area contributed by atoms with Gasteiger partial charge in [0.1, 0.15) is 23.7 Å². The Morgan fingerprint density at radius 2 is 1.58 bits per heavy atom. The minimum absolute atomic E-state index is 0.0360. The van der Waals surface area contributed by atoms with Crippen LogP contribution in [0.1, 0.15) is 5.56 Å². The normalized spacial score (nSPS) is 12.1. The number of nitrogens with one attached hydrogen (secondary N) is 2. The molecule has 0 atom stereocenters. The lowest BCUT2D eigenvalue weighted by Crippen LogP contribution is -2.22. The summed E-state index contributed by atoms with van der Waals surface area (Å²) in [6.45, 7) is -1.56. The second-order valence-corrected chi connectivity index (χ2v) is 9.19. The van der Waals surface area contributed by atoms with Crippen LogP contribution in [0.15, 0.2) is 59.5 Å². The Hall–Kier alpha value is -3.91. The molecule has 2 heterocycles. The Kier molecular flexibility index (Phi) is 6.73. The highest BCUT2D eigenvalue weighted by Crippen LogP contribution is 2.27. The van der Waals surface area contributed by atoms with E-state index in [1.165, 1.54) is 30.3 Å². The number of alkyl halides is 3. The third kappa shape index (κ3) is 6.20. The Bertz CT molecular complexity index is 1530. The first-order valence-electron chi connectivity index (χ1n) is 10.2. The van der Waals surface area contributed by atoms with Crippen molar-refractivity contribution in [2.45, 2.75) is 17.6 Å². The molecule has 8 nitrogen and oxygen atoms in total. The molecule has 0 aliphatic rings.